The minimum absolute atomic E-state index is 0.0731. The maximum absolute atomic E-state index is 12.0. The minimum atomic E-state index is -1.04. The average Bonchev–Trinajstić information content (AvgIpc) is 3.02. The van der Waals surface area contributed by atoms with Gasteiger partial charge in [-0.2, -0.15) is 0 Å². The smallest absolute Gasteiger partial charge is 0.480 e. The van der Waals surface area contributed by atoms with Crippen LogP contribution >= 0.6 is 12.2 Å². The van der Waals surface area contributed by atoms with Crippen LogP contribution in [-0.2, 0) is 48.1 Å². The summed E-state index contributed by atoms with van der Waals surface area (Å²) in [6, 6.07) is 12.4. The van der Waals surface area contributed by atoms with E-state index < -0.39 is 30.1 Å². The molecule has 16 nitrogen and oxygen atoms in total. The van der Waals surface area contributed by atoms with Gasteiger partial charge >= 0.3 is 24.1 Å². The number of thiocarbonyl (C=S) groups is 1. The van der Waals surface area contributed by atoms with Crippen LogP contribution in [0.4, 0.5) is 10.5 Å². The van der Waals surface area contributed by atoms with Crippen molar-refractivity contribution in [3.63, 3.8) is 0 Å². The third-order valence-corrected chi connectivity index (χ3v) is 7.46. The van der Waals surface area contributed by atoms with Crippen LogP contribution in [0.1, 0.15) is 17.0 Å². The molecule has 48 heavy (non-hydrogen) atoms. The number of benzene rings is 1. The van der Waals surface area contributed by atoms with Crippen LogP contribution in [0.15, 0.2) is 42.5 Å². The summed E-state index contributed by atoms with van der Waals surface area (Å²) < 4.78 is 14.5. The van der Waals surface area contributed by atoms with Crippen LogP contribution in [-0.4, -0.2) is 143 Å². The van der Waals surface area contributed by atoms with Gasteiger partial charge in [-0.1, -0.05) is 18.2 Å². The molecule has 0 unspecified atom stereocenters. The number of carboxylic acid groups (broad SMARTS) is 3. The van der Waals surface area contributed by atoms with E-state index in [4.69, 9.17) is 21.7 Å². The molecule has 0 spiro atoms. The standard InChI is InChI=1S/C31H42N6O10S/c1-45-31(44)47-14-13-46-12-9-32-30(48)34-23-7-5-22(6-8-23)15-26-18-36(20-28(40)41)11-10-35(19-27(38)39)16-24-3-2-4-25(33-24)17-37(26)21-29(42)43/h2-8,26H,9-21H2,1H3,(H,38,39)(H,40,41)(H,42,43)(H2,32,34,48)/t26-/m0/s1. The number of pyridine rings is 1. The fourth-order valence-corrected chi connectivity index (χ4v) is 5.32. The van der Waals surface area contributed by atoms with Crippen LogP contribution < -0.4 is 10.6 Å². The van der Waals surface area contributed by atoms with E-state index in [0.29, 0.717) is 36.1 Å². The summed E-state index contributed by atoms with van der Waals surface area (Å²) in [6.07, 6.45) is -0.368. The molecule has 1 aromatic heterocycles. The van der Waals surface area contributed by atoms with Crippen molar-refractivity contribution >= 4 is 47.1 Å². The number of anilines is 1. The van der Waals surface area contributed by atoms with Crippen molar-refractivity contribution in [2.75, 3.05) is 78.1 Å². The number of carbonyl (C=O) groups excluding carboxylic acids is 1. The van der Waals surface area contributed by atoms with Crippen molar-refractivity contribution in [1.29, 1.82) is 0 Å². The number of hydrogen-bond donors (Lipinski definition) is 5. The van der Waals surface area contributed by atoms with E-state index >= 15 is 0 Å². The lowest BCUT2D eigenvalue weighted by atomic mass is 10.0. The Morgan fingerprint density at radius 1 is 0.875 bits per heavy atom. The Morgan fingerprint density at radius 2 is 1.52 bits per heavy atom. The lowest BCUT2D eigenvalue weighted by molar-refractivity contribution is -0.141. The highest BCUT2D eigenvalue weighted by atomic mass is 32.1. The van der Waals surface area contributed by atoms with Crippen LogP contribution in [0.2, 0.25) is 0 Å². The summed E-state index contributed by atoms with van der Waals surface area (Å²) in [6.45, 7) is 1.44. The second-order valence-electron chi connectivity index (χ2n) is 11.0. The first-order chi connectivity index (χ1) is 23.0. The van der Waals surface area contributed by atoms with Gasteiger partial charge in [0.15, 0.2) is 5.11 Å². The first-order valence-electron chi connectivity index (χ1n) is 15.2. The fourth-order valence-electron chi connectivity index (χ4n) is 5.11. The summed E-state index contributed by atoms with van der Waals surface area (Å²) in [7, 11) is 1.22. The predicted octanol–water partition coefficient (Wildman–Crippen LogP) is 0.952. The number of nitrogens with one attached hydrogen (secondary N) is 2. The van der Waals surface area contributed by atoms with Gasteiger partial charge in [0.05, 0.1) is 51.3 Å². The number of aromatic nitrogens is 1. The molecule has 1 aliphatic rings. The van der Waals surface area contributed by atoms with E-state index in [1.54, 1.807) is 26.8 Å². The zero-order valence-electron chi connectivity index (χ0n) is 26.7. The van der Waals surface area contributed by atoms with Crippen molar-refractivity contribution in [1.82, 2.24) is 25.0 Å². The molecule has 1 aliphatic heterocycles. The van der Waals surface area contributed by atoms with Gasteiger partial charge in [-0.25, -0.2) is 4.79 Å². The Hall–Kier alpha value is -4.42. The molecule has 2 heterocycles. The van der Waals surface area contributed by atoms with Crippen LogP contribution in [0, 0.1) is 0 Å². The number of hydrogen-bond acceptors (Lipinski definition) is 12. The molecule has 1 atom stereocenters. The predicted molar refractivity (Wildman–Crippen MR) is 177 cm³/mol. The summed E-state index contributed by atoms with van der Waals surface area (Å²) >= 11 is 5.36. The van der Waals surface area contributed by atoms with Gasteiger partial charge in [-0.05, 0) is 48.5 Å². The zero-order chi connectivity index (χ0) is 34.9. The molecule has 17 heteroatoms. The van der Waals surface area contributed by atoms with Crippen molar-refractivity contribution < 1.29 is 48.7 Å². The molecule has 262 valence electrons. The fraction of sp³-hybridized carbons (Fsp3) is 0.484. The molecule has 5 N–H and O–H groups in total. The second kappa shape index (κ2) is 20.1. The molecule has 2 aromatic rings. The molecule has 0 fully saturated rings. The summed E-state index contributed by atoms with van der Waals surface area (Å²) in [4.78, 5) is 56.2. The van der Waals surface area contributed by atoms with Gasteiger partial charge in [0.1, 0.15) is 6.61 Å². The Kier molecular flexibility index (Phi) is 15.9. The largest absolute Gasteiger partial charge is 0.508 e. The van der Waals surface area contributed by atoms with Crippen molar-refractivity contribution in [3.05, 3.63) is 59.4 Å². The van der Waals surface area contributed by atoms with Gasteiger partial charge in [0.2, 0.25) is 0 Å². The molecule has 0 saturated carbocycles. The number of carbonyl (C=O) groups is 4. The highest BCUT2D eigenvalue weighted by Gasteiger charge is 2.27. The lowest BCUT2D eigenvalue weighted by Gasteiger charge is -2.36. The third kappa shape index (κ3) is 14.6. The molecule has 1 aromatic carbocycles. The van der Waals surface area contributed by atoms with Crippen LogP contribution in [0.25, 0.3) is 0 Å². The summed E-state index contributed by atoms with van der Waals surface area (Å²) in [5.41, 5.74) is 2.87. The Balaban J connectivity index is 1.71. The van der Waals surface area contributed by atoms with Crippen molar-refractivity contribution in [3.8, 4) is 0 Å². The van der Waals surface area contributed by atoms with Gasteiger partial charge < -0.3 is 40.2 Å². The number of carboxylic acids is 3. The lowest BCUT2D eigenvalue weighted by Crippen LogP contribution is -2.50. The second-order valence-corrected chi connectivity index (χ2v) is 11.4. The molecular formula is C31H42N6O10S. The minimum Gasteiger partial charge on any atom is -0.480 e. The number of rotatable bonds is 15. The van der Waals surface area contributed by atoms with Gasteiger partial charge in [-0.15, -0.1) is 0 Å². The maximum Gasteiger partial charge on any atom is 0.508 e. The van der Waals surface area contributed by atoms with E-state index in [1.807, 2.05) is 30.3 Å². The average molecular weight is 691 g/mol. The van der Waals surface area contributed by atoms with E-state index in [1.165, 1.54) is 7.11 Å². The highest BCUT2D eigenvalue weighted by Crippen LogP contribution is 2.18. The van der Waals surface area contributed by atoms with Crippen LogP contribution in [0.5, 0.6) is 0 Å². The number of aliphatic carboxylic acids is 3. The molecule has 0 amide bonds. The van der Waals surface area contributed by atoms with E-state index in [0.717, 1.165) is 11.3 Å². The quantitative estimate of drug-likeness (QED) is 0.100. The Labute approximate surface area is 283 Å². The van der Waals surface area contributed by atoms with Gasteiger partial charge in [-0.3, -0.25) is 34.1 Å². The summed E-state index contributed by atoms with van der Waals surface area (Å²) in [5, 5.41) is 35.4. The highest BCUT2D eigenvalue weighted by molar-refractivity contribution is 7.80. The topological polar surface area (TPSA) is 203 Å². The Bertz CT molecular complexity index is 1380. The molecular weight excluding hydrogens is 648 g/mol. The molecule has 3 rings (SSSR count). The van der Waals surface area contributed by atoms with Gasteiger partial charge in [0, 0.05) is 51.0 Å². The first-order valence-corrected chi connectivity index (χ1v) is 15.6. The first kappa shape index (κ1) is 38.0. The van der Waals surface area contributed by atoms with E-state index in [2.05, 4.69) is 20.4 Å². The number of methoxy groups -OCH3 is 1. The normalized spacial score (nSPS) is 16.1. The monoisotopic (exact) mass is 690 g/mol. The van der Waals surface area contributed by atoms with E-state index in [-0.39, 0.29) is 65.6 Å². The molecule has 2 bridgehead atoms. The molecule has 0 radical (unpaired) electrons. The van der Waals surface area contributed by atoms with Crippen LogP contribution in [0.3, 0.4) is 0 Å². The number of ether oxygens (including phenoxy) is 3. The van der Waals surface area contributed by atoms with Crippen molar-refractivity contribution in [2.45, 2.75) is 25.6 Å². The molecule has 0 saturated heterocycles. The SMILES string of the molecule is COC(=O)OCCOCCNC(=S)Nc1ccc(C[C@H]2CN(CC(=O)O)CCN(CC(=O)O)Cc3cccc(n3)CN2CC(=O)O)cc1. The van der Waals surface area contributed by atoms with E-state index in [9.17, 15) is 34.5 Å². The molecule has 0 aliphatic carbocycles. The van der Waals surface area contributed by atoms with Gasteiger partial charge in [0.25, 0.3) is 0 Å². The zero-order valence-corrected chi connectivity index (χ0v) is 27.5. The number of nitrogens with zero attached hydrogens (tertiary/aromatic N) is 4. The Morgan fingerprint density at radius 3 is 2.19 bits per heavy atom. The maximum atomic E-state index is 12.0. The van der Waals surface area contributed by atoms with Crippen molar-refractivity contribution in [2.24, 2.45) is 0 Å². The third-order valence-electron chi connectivity index (χ3n) is 7.22. The number of fused-ring (bicyclic) bond motifs is 2. The summed E-state index contributed by atoms with van der Waals surface area (Å²) in [5.74, 6) is -3.07.